The van der Waals surface area contributed by atoms with Crippen molar-refractivity contribution in [1.82, 2.24) is 15.6 Å². The smallest absolute Gasteiger partial charge is 0.226 e. The fourth-order valence-corrected chi connectivity index (χ4v) is 2.06. The van der Waals surface area contributed by atoms with Crippen LogP contribution in [-0.2, 0) is 11.2 Å². The van der Waals surface area contributed by atoms with Crippen LogP contribution in [0.4, 0.5) is 0 Å². The molecule has 0 fully saturated rings. The monoisotopic (exact) mass is 357 g/mol. The highest BCUT2D eigenvalue weighted by Gasteiger charge is 2.10. The van der Waals surface area contributed by atoms with Crippen molar-refractivity contribution < 1.29 is 9.21 Å². The van der Waals surface area contributed by atoms with Gasteiger partial charge in [0.05, 0.1) is 12.1 Å². The van der Waals surface area contributed by atoms with E-state index in [2.05, 4.69) is 22.5 Å². The summed E-state index contributed by atoms with van der Waals surface area (Å²) in [7, 11) is 0. The molecule has 1 aromatic carbocycles. The molecule has 0 saturated heterocycles. The van der Waals surface area contributed by atoms with Crippen LogP contribution in [0.2, 0.25) is 5.02 Å². The Hall–Kier alpha value is -1.56. The van der Waals surface area contributed by atoms with Gasteiger partial charge in [-0.25, -0.2) is 4.98 Å². The van der Waals surface area contributed by atoms with Gasteiger partial charge in [0, 0.05) is 23.7 Å². The van der Waals surface area contributed by atoms with E-state index in [0.29, 0.717) is 23.2 Å². The van der Waals surface area contributed by atoms with Gasteiger partial charge in [0.2, 0.25) is 11.8 Å². The summed E-state index contributed by atoms with van der Waals surface area (Å²) in [6.45, 7) is 4.45. The Morgan fingerprint density at radius 3 is 2.65 bits per heavy atom. The number of carbonyl (C=O) groups is 1. The van der Waals surface area contributed by atoms with Crippen LogP contribution in [0.1, 0.15) is 19.0 Å². The highest BCUT2D eigenvalue weighted by Crippen LogP contribution is 2.20. The highest BCUT2D eigenvalue weighted by molar-refractivity contribution is 6.30. The van der Waals surface area contributed by atoms with E-state index in [1.807, 2.05) is 12.1 Å². The molecule has 5 nitrogen and oxygen atoms in total. The van der Waals surface area contributed by atoms with E-state index in [9.17, 15) is 4.79 Å². The molecule has 1 amide bonds. The average molecular weight is 358 g/mol. The second kappa shape index (κ2) is 10.3. The second-order valence-corrected chi connectivity index (χ2v) is 5.36. The molecule has 0 bridgehead atoms. The predicted octanol–water partition coefficient (Wildman–Crippen LogP) is 3.08. The third kappa shape index (κ3) is 6.60. The number of benzene rings is 1. The number of halogens is 2. The van der Waals surface area contributed by atoms with Gasteiger partial charge in [-0.15, -0.1) is 12.4 Å². The van der Waals surface area contributed by atoms with Crippen LogP contribution in [0.25, 0.3) is 11.5 Å². The molecule has 0 aliphatic heterocycles. The SMILES string of the molecule is CCCNCCNC(=O)Cc1coc(-c2ccc(Cl)cc2)n1.Cl. The van der Waals surface area contributed by atoms with Gasteiger partial charge in [0.25, 0.3) is 0 Å². The van der Waals surface area contributed by atoms with Gasteiger partial charge in [0.15, 0.2) is 0 Å². The normalized spacial score (nSPS) is 10.2. The number of hydrogen-bond acceptors (Lipinski definition) is 4. The van der Waals surface area contributed by atoms with Crippen molar-refractivity contribution in [2.75, 3.05) is 19.6 Å². The van der Waals surface area contributed by atoms with Crippen molar-refractivity contribution in [3.63, 3.8) is 0 Å². The Morgan fingerprint density at radius 1 is 1.22 bits per heavy atom. The van der Waals surface area contributed by atoms with Crippen molar-refractivity contribution in [3.8, 4) is 11.5 Å². The number of hydrogen-bond donors (Lipinski definition) is 2. The molecule has 1 heterocycles. The van der Waals surface area contributed by atoms with Gasteiger partial charge < -0.3 is 15.1 Å². The molecular weight excluding hydrogens is 337 g/mol. The van der Waals surface area contributed by atoms with E-state index in [-0.39, 0.29) is 24.7 Å². The first-order valence-electron chi connectivity index (χ1n) is 7.37. The van der Waals surface area contributed by atoms with E-state index < -0.39 is 0 Å². The van der Waals surface area contributed by atoms with Crippen molar-refractivity contribution in [1.29, 1.82) is 0 Å². The molecule has 2 rings (SSSR count). The Morgan fingerprint density at radius 2 is 1.96 bits per heavy atom. The minimum absolute atomic E-state index is 0. The van der Waals surface area contributed by atoms with Crippen LogP contribution in [0, 0.1) is 0 Å². The minimum atomic E-state index is -0.0609. The Kier molecular flexibility index (Phi) is 8.69. The van der Waals surface area contributed by atoms with Crippen molar-refractivity contribution in [2.24, 2.45) is 0 Å². The summed E-state index contributed by atoms with van der Waals surface area (Å²) in [6, 6.07) is 7.21. The lowest BCUT2D eigenvalue weighted by atomic mass is 10.2. The molecule has 0 aliphatic rings. The number of amides is 1. The summed E-state index contributed by atoms with van der Waals surface area (Å²) in [5.41, 5.74) is 1.45. The molecule has 1 aromatic heterocycles. The first kappa shape index (κ1) is 19.5. The molecule has 0 spiro atoms. The summed E-state index contributed by atoms with van der Waals surface area (Å²) < 4.78 is 5.40. The summed E-state index contributed by atoms with van der Waals surface area (Å²) in [5.74, 6) is 0.429. The quantitative estimate of drug-likeness (QED) is 0.712. The van der Waals surface area contributed by atoms with Gasteiger partial charge in [-0.3, -0.25) is 4.79 Å². The fraction of sp³-hybridized carbons (Fsp3) is 0.375. The molecule has 0 atom stereocenters. The van der Waals surface area contributed by atoms with Crippen LogP contribution in [0.15, 0.2) is 34.9 Å². The standard InChI is InChI=1S/C16H20ClN3O2.ClH/c1-2-7-18-8-9-19-15(21)10-14-11-22-16(20-14)12-3-5-13(17)6-4-12;/h3-6,11,18H,2,7-10H2,1H3,(H,19,21);1H. The molecule has 7 heteroatoms. The maximum absolute atomic E-state index is 11.8. The number of nitrogens with zero attached hydrogens (tertiary/aromatic N) is 1. The van der Waals surface area contributed by atoms with Crippen LogP contribution in [-0.4, -0.2) is 30.5 Å². The zero-order valence-electron chi connectivity index (χ0n) is 13.0. The first-order chi connectivity index (χ1) is 10.7. The molecule has 23 heavy (non-hydrogen) atoms. The van der Waals surface area contributed by atoms with E-state index in [4.69, 9.17) is 16.0 Å². The zero-order chi connectivity index (χ0) is 15.8. The van der Waals surface area contributed by atoms with Gasteiger partial charge >= 0.3 is 0 Å². The van der Waals surface area contributed by atoms with Gasteiger partial charge in [0.1, 0.15) is 6.26 Å². The molecule has 0 saturated carbocycles. The van der Waals surface area contributed by atoms with Gasteiger partial charge in [-0.05, 0) is 37.2 Å². The maximum atomic E-state index is 11.8. The summed E-state index contributed by atoms with van der Waals surface area (Å²) in [4.78, 5) is 16.1. The van der Waals surface area contributed by atoms with Crippen LogP contribution in [0.3, 0.4) is 0 Å². The summed E-state index contributed by atoms with van der Waals surface area (Å²) in [5, 5.41) is 6.73. The second-order valence-electron chi connectivity index (χ2n) is 4.93. The predicted molar refractivity (Wildman–Crippen MR) is 94.1 cm³/mol. The number of rotatable bonds is 8. The average Bonchev–Trinajstić information content (AvgIpc) is 2.96. The molecule has 0 aliphatic carbocycles. The van der Waals surface area contributed by atoms with E-state index in [1.165, 1.54) is 6.26 Å². The third-order valence-corrected chi connectivity index (χ3v) is 3.29. The lowest BCUT2D eigenvalue weighted by molar-refractivity contribution is -0.120. The number of oxazole rings is 1. The largest absolute Gasteiger partial charge is 0.444 e. The van der Waals surface area contributed by atoms with Gasteiger partial charge in [-0.1, -0.05) is 18.5 Å². The molecular formula is C16H21Cl2N3O2. The van der Waals surface area contributed by atoms with Crippen molar-refractivity contribution in [2.45, 2.75) is 19.8 Å². The Bertz CT molecular complexity index is 600. The molecule has 2 aromatic rings. The number of nitrogens with one attached hydrogen (secondary N) is 2. The Labute approximate surface area is 147 Å². The molecule has 0 radical (unpaired) electrons. The van der Waals surface area contributed by atoms with Gasteiger partial charge in [-0.2, -0.15) is 0 Å². The van der Waals surface area contributed by atoms with Crippen LogP contribution < -0.4 is 10.6 Å². The van der Waals surface area contributed by atoms with E-state index in [0.717, 1.165) is 25.1 Å². The maximum Gasteiger partial charge on any atom is 0.226 e. The molecule has 0 unspecified atom stereocenters. The van der Waals surface area contributed by atoms with Crippen molar-refractivity contribution in [3.05, 3.63) is 41.2 Å². The van der Waals surface area contributed by atoms with E-state index in [1.54, 1.807) is 12.1 Å². The van der Waals surface area contributed by atoms with Crippen LogP contribution >= 0.6 is 24.0 Å². The number of aromatic nitrogens is 1. The zero-order valence-corrected chi connectivity index (χ0v) is 14.5. The third-order valence-electron chi connectivity index (χ3n) is 3.04. The lowest BCUT2D eigenvalue weighted by Crippen LogP contribution is -2.33. The summed E-state index contributed by atoms with van der Waals surface area (Å²) in [6.07, 6.45) is 2.81. The first-order valence-corrected chi connectivity index (χ1v) is 7.74. The lowest BCUT2D eigenvalue weighted by Gasteiger charge is -2.04. The minimum Gasteiger partial charge on any atom is -0.444 e. The summed E-state index contributed by atoms with van der Waals surface area (Å²) >= 11 is 5.84. The molecule has 2 N–H and O–H groups in total. The number of carbonyl (C=O) groups excluding carboxylic acids is 1. The van der Waals surface area contributed by atoms with E-state index >= 15 is 0 Å². The topological polar surface area (TPSA) is 67.2 Å². The fourth-order valence-electron chi connectivity index (χ4n) is 1.93. The van der Waals surface area contributed by atoms with Crippen molar-refractivity contribution >= 4 is 29.9 Å². The van der Waals surface area contributed by atoms with Crippen LogP contribution in [0.5, 0.6) is 0 Å². The highest BCUT2D eigenvalue weighted by atomic mass is 35.5. The molecule has 126 valence electrons. The Balaban J connectivity index is 0.00000264.